The second-order valence-corrected chi connectivity index (χ2v) is 9.85. The minimum Gasteiger partial charge on any atom is -0.447 e. The molecular formula is C27H33N5O5. The summed E-state index contributed by atoms with van der Waals surface area (Å²) in [6.45, 7) is 5.91. The predicted octanol–water partition coefficient (Wildman–Crippen LogP) is 4.96. The molecule has 3 rings (SSSR count). The Kier molecular flexibility index (Phi) is 9.51. The summed E-state index contributed by atoms with van der Waals surface area (Å²) < 4.78 is 10.4. The van der Waals surface area contributed by atoms with Gasteiger partial charge in [-0.3, -0.25) is 4.79 Å². The van der Waals surface area contributed by atoms with E-state index < -0.39 is 35.8 Å². The molecule has 0 saturated carbocycles. The number of carbonyl (C=O) groups is 3. The van der Waals surface area contributed by atoms with Crippen LogP contribution in [0.25, 0.3) is 10.4 Å². The van der Waals surface area contributed by atoms with Crippen molar-refractivity contribution < 1.29 is 23.9 Å². The van der Waals surface area contributed by atoms with Crippen LogP contribution in [-0.2, 0) is 33.5 Å². The summed E-state index contributed by atoms with van der Waals surface area (Å²) in [6.07, 6.45) is 0.658. The molecular weight excluding hydrogens is 474 g/mol. The summed E-state index contributed by atoms with van der Waals surface area (Å²) in [5.74, 6) is -0.581. The average Bonchev–Trinajstić information content (AvgIpc) is 3.21. The van der Waals surface area contributed by atoms with Gasteiger partial charge in [-0.2, -0.15) is 0 Å². The van der Waals surface area contributed by atoms with Crippen LogP contribution < -0.4 is 5.32 Å². The molecule has 2 aromatic rings. The molecule has 1 fully saturated rings. The lowest BCUT2D eigenvalue weighted by Gasteiger charge is -2.23. The van der Waals surface area contributed by atoms with Crippen molar-refractivity contribution in [3.8, 4) is 0 Å². The van der Waals surface area contributed by atoms with Gasteiger partial charge >= 0.3 is 12.2 Å². The molecule has 1 heterocycles. The van der Waals surface area contributed by atoms with Gasteiger partial charge in [0.25, 0.3) is 0 Å². The van der Waals surface area contributed by atoms with Gasteiger partial charge in [0.15, 0.2) is 0 Å². The first-order valence-electron chi connectivity index (χ1n) is 12.3. The van der Waals surface area contributed by atoms with Gasteiger partial charge in [0.05, 0.1) is 6.04 Å². The highest BCUT2D eigenvalue weighted by molar-refractivity contribution is 5.96. The van der Waals surface area contributed by atoms with Gasteiger partial charge in [-0.25, -0.2) is 14.5 Å². The monoisotopic (exact) mass is 507 g/mol. The van der Waals surface area contributed by atoms with Crippen molar-refractivity contribution in [1.29, 1.82) is 0 Å². The number of hydrogen-bond acceptors (Lipinski definition) is 6. The molecule has 37 heavy (non-hydrogen) atoms. The highest BCUT2D eigenvalue weighted by Crippen LogP contribution is 2.22. The van der Waals surface area contributed by atoms with Crippen LogP contribution in [-0.4, -0.2) is 53.8 Å². The minimum atomic E-state index is -1.10. The van der Waals surface area contributed by atoms with Crippen LogP contribution in [0, 0.1) is 0 Å². The summed E-state index contributed by atoms with van der Waals surface area (Å²) in [5.41, 5.74) is 11.4. The van der Waals surface area contributed by atoms with Crippen LogP contribution in [0.5, 0.6) is 0 Å². The lowest BCUT2D eigenvalue weighted by Crippen LogP contribution is -2.45. The van der Waals surface area contributed by atoms with Gasteiger partial charge in [0.1, 0.15) is 18.2 Å². The third-order valence-corrected chi connectivity index (χ3v) is 5.81. The molecule has 1 saturated heterocycles. The molecule has 196 valence electrons. The molecule has 0 unspecified atom stereocenters. The molecule has 0 aliphatic carbocycles. The van der Waals surface area contributed by atoms with Crippen molar-refractivity contribution in [3.05, 3.63) is 81.7 Å². The molecule has 0 radical (unpaired) electrons. The van der Waals surface area contributed by atoms with Crippen molar-refractivity contribution in [1.82, 2.24) is 10.2 Å². The molecule has 2 atom stereocenters. The van der Waals surface area contributed by atoms with Crippen LogP contribution in [0.15, 0.2) is 59.7 Å². The predicted molar refractivity (Wildman–Crippen MR) is 138 cm³/mol. The number of imide groups is 1. The highest BCUT2D eigenvalue weighted by atomic mass is 16.6. The van der Waals surface area contributed by atoms with Crippen molar-refractivity contribution in [3.63, 3.8) is 0 Å². The number of cyclic esters (lactones) is 1. The molecule has 0 bridgehead atoms. The molecule has 10 nitrogen and oxygen atoms in total. The summed E-state index contributed by atoms with van der Waals surface area (Å²) in [6, 6.07) is 15.5. The van der Waals surface area contributed by atoms with Crippen molar-refractivity contribution in [2.24, 2.45) is 5.11 Å². The van der Waals surface area contributed by atoms with Gasteiger partial charge in [-0.05, 0) is 68.7 Å². The van der Waals surface area contributed by atoms with E-state index in [0.717, 1.165) is 21.6 Å². The Morgan fingerprint density at radius 3 is 2.51 bits per heavy atom. The van der Waals surface area contributed by atoms with E-state index in [2.05, 4.69) is 15.3 Å². The zero-order valence-electron chi connectivity index (χ0n) is 21.4. The molecule has 1 aliphatic heterocycles. The fourth-order valence-electron chi connectivity index (χ4n) is 4.16. The summed E-state index contributed by atoms with van der Waals surface area (Å²) >= 11 is 0. The number of rotatable bonds is 10. The Hall–Kier alpha value is -4.04. The first kappa shape index (κ1) is 27.5. The average molecular weight is 508 g/mol. The fourth-order valence-corrected chi connectivity index (χ4v) is 4.16. The second-order valence-electron chi connectivity index (χ2n) is 9.85. The number of azide groups is 1. The van der Waals surface area contributed by atoms with E-state index in [1.54, 1.807) is 20.8 Å². The van der Waals surface area contributed by atoms with Crippen LogP contribution in [0.3, 0.4) is 0 Å². The maximum atomic E-state index is 13.4. The fraction of sp³-hybridized carbons (Fsp3) is 0.444. The molecule has 1 N–H and O–H groups in total. The largest absolute Gasteiger partial charge is 0.447 e. The Morgan fingerprint density at radius 1 is 1.16 bits per heavy atom. The first-order valence-corrected chi connectivity index (χ1v) is 12.3. The van der Waals surface area contributed by atoms with E-state index in [1.165, 1.54) is 0 Å². The van der Waals surface area contributed by atoms with E-state index in [9.17, 15) is 14.4 Å². The quantitative estimate of drug-likeness (QED) is 0.210. The molecule has 0 spiro atoms. The zero-order chi connectivity index (χ0) is 26.8. The minimum absolute atomic E-state index is 0.0870. The molecule has 10 heteroatoms. The topological polar surface area (TPSA) is 134 Å². The lowest BCUT2D eigenvalue weighted by molar-refractivity contribution is -0.130. The number of nitrogens with one attached hydrogen (secondary N) is 1. The second kappa shape index (κ2) is 12.8. The maximum Gasteiger partial charge on any atom is 0.416 e. The van der Waals surface area contributed by atoms with Gasteiger partial charge in [0, 0.05) is 11.5 Å². The first-order chi connectivity index (χ1) is 17.7. The number of nitrogens with zero attached hydrogens (tertiary/aromatic N) is 4. The van der Waals surface area contributed by atoms with E-state index in [4.69, 9.17) is 15.0 Å². The number of aryl methyl sites for hydroxylation is 1. The number of carbonyl (C=O) groups excluding carboxylic acids is 3. The number of ether oxygens (including phenoxy) is 2. The molecule has 3 amide bonds. The van der Waals surface area contributed by atoms with E-state index in [-0.39, 0.29) is 13.0 Å². The van der Waals surface area contributed by atoms with E-state index in [0.29, 0.717) is 25.8 Å². The number of benzene rings is 2. The smallest absolute Gasteiger partial charge is 0.416 e. The van der Waals surface area contributed by atoms with Crippen LogP contribution in [0.1, 0.15) is 43.9 Å². The van der Waals surface area contributed by atoms with E-state index >= 15 is 0 Å². The van der Waals surface area contributed by atoms with Gasteiger partial charge in [-0.15, -0.1) is 0 Å². The molecule has 2 aromatic carbocycles. The molecule has 0 aromatic heterocycles. The molecule has 1 aliphatic rings. The van der Waals surface area contributed by atoms with Gasteiger partial charge in [-0.1, -0.05) is 59.7 Å². The van der Waals surface area contributed by atoms with Crippen LogP contribution in [0.2, 0.25) is 0 Å². The van der Waals surface area contributed by atoms with Crippen molar-refractivity contribution in [2.45, 2.75) is 64.1 Å². The SMILES string of the molecule is CC(C)(C)OC(=O)NCCCc1ccccc1C[C@@H](N=[N+]=[N-])C(=O)N1C(=O)OC[C@H]1Cc1ccccc1. The van der Waals surface area contributed by atoms with Crippen molar-refractivity contribution >= 4 is 18.1 Å². The number of amides is 3. The zero-order valence-corrected chi connectivity index (χ0v) is 21.4. The van der Waals surface area contributed by atoms with Gasteiger partial charge < -0.3 is 14.8 Å². The van der Waals surface area contributed by atoms with Gasteiger partial charge in [0.2, 0.25) is 5.91 Å². The summed E-state index contributed by atoms with van der Waals surface area (Å²) in [4.78, 5) is 41.7. The Labute approximate surface area is 216 Å². The highest BCUT2D eigenvalue weighted by Gasteiger charge is 2.40. The Balaban J connectivity index is 1.66. The van der Waals surface area contributed by atoms with Crippen LogP contribution >= 0.6 is 0 Å². The third kappa shape index (κ3) is 8.25. The standard InChI is InChI=1S/C27H33N5O5/c1-27(2,3)37-25(34)29-15-9-14-20-12-7-8-13-21(20)17-23(30-31-28)24(33)32-22(18-36-26(32)35)16-19-10-5-4-6-11-19/h4-8,10-13,22-23H,9,14-18H2,1-3H3,(H,29,34)/t22-,23-/m1/s1. The third-order valence-electron chi connectivity index (χ3n) is 5.81. The maximum absolute atomic E-state index is 13.4. The lowest BCUT2D eigenvalue weighted by atomic mass is 9.96. The Morgan fingerprint density at radius 2 is 1.84 bits per heavy atom. The van der Waals surface area contributed by atoms with Crippen molar-refractivity contribution in [2.75, 3.05) is 13.2 Å². The number of hydrogen-bond donors (Lipinski definition) is 1. The Bertz CT molecular complexity index is 1140. The summed E-state index contributed by atoms with van der Waals surface area (Å²) in [7, 11) is 0. The number of alkyl carbamates (subject to hydrolysis) is 1. The summed E-state index contributed by atoms with van der Waals surface area (Å²) in [5, 5.41) is 6.48. The normalized spacial score (nSPS) is 15.9. The van der Waals surface area contributed by atoms with Crippen LogP contribution in [0.4, 0.5) is 9.59 Å². The van der Waals surface area contributed by atoms with E-state index in [1.807, 2.05) is 54.6 Å².